The quantitative estimate of drug-likeness (QED) is 0.778. The molecule has 4 rings (SSSR count). The lowest BCUT2D eigenvalue weighted by molar-refractivity contribution is -0.0266. The maximum absolute atomic E-state index is 10.4. The number of aromatic amines is 1. The topological polar surface area (TPSA) is 68.7 Å². The Kier molecular flexibility index (Phi) is 4.82. The first-order valence-corrected chi connectivity index (χ1v) is 9.39. The Labute approximate surface area is 148 Å². The lowest BCUT2D eigenvalue weighted by Gasteiger charge is -2.34. The van der Waals surface area contributed by atoms with E-state index in [0.29, 0.717) is 38.5 Å². The molecule has 136 valence electrons. The first kappa shape index (κ1) is 17.0. The predicted molar refractivity (Wildman–Crippen MR) is 97.7 cm³/mol. The highest BCUT2D eigenvalue weighted by Gasteiger charge is 2.35. The van der Waals surface area contributed by atoms with Gasteiger partial charge in [-0.25, -0.2) is 0 Å². The Bertz CT molecular complexity index is 675. The van der Waals surface area contributed by atoms with Gasteiger partial charge in [-0.05, 0) is 36.9 Å². The number of β-amino-alcohol motifs (C(OH)–C–C–N with tert-alkyl or cyclic N) is 1. The van der Waals surface area contributed by atoms with E-state index in [9.17, 15) is 10.2 Å². The molecule has 2 aliphatic heterocycles. The van der Waals surface area contributed by atoms with Crippen LogP contribution in [0, 0.1) is 0 Å². The second-order valence-corrected chi connectivity index (χ2v) is 7.80. The van der Waals surface area contributed by atoms with E-state index in [0.717, 1.165) is 19.5 Å². The average Bonchev–Trinajstić information content (AvgIpc) is 3.21. The summed E-state index contributed by atoms with van der Waals surface area (Å²) < 4.78 is 5.28. The van der Waals surface area contributed by atoms with Crippen LogP contribution in [-0.2, 0) is 4.74 Å². The summed E-state index contributed by atoms with van der Waals surface area (Å²) in [7, 11) is 0. The zero-order valence-corrected chi connectivity index (χ0v) is 14.7. The van der Waals surface area contributed by atoms with Crippen LogP contribution in [0.15, 0.2) is 30.3 Å². The SMILES string of the molecule is OC(CN1CCCC(c2cc3ccccc3[nH]2)C1)CC1(O)CCOC1. The number of benzene rings is 1. The van der Waals surface area contributed by atoms with Gasteiger partial charge < -0.3 is 24.8 Å². The highest BCUT2D eigenvalue weighted by Crippen LogP contribution is 2.30. The number of aliphatic hydroxyl groups is 2. The lowest BCUT2D eigenvalue weighted by Crippen LogP contribution is -2.43. The molecule has 3 N–H and O–H groups in total. The molecule has 0 aliphatic carbocycles. The van der Waals surface area contributed by atoms with E-state index in [2.05, 4.69) is 40.2 Å². The molecule has 2 aromatic rings. The monoisotopic (exact) mass is 344 g/mol. The van der Waals surface area contributed by atoms with E-state index in [1.165, 1.54) is 23.0 Å². The zero-order chi connectivity index (χ0) is 17.3. The molecule has 0 radical (unpaired) electrons. The van der Waals surface area contributed by atoms with Crippen LogP contribution < -0.4 is 0 Å². The number of nitrogens with one attached hydrogen (secondary N) is 1. The minimum atomic E-state index is -0.841. The van der Waals surface area contributed by atoms with Crippen molar-refractivity contribution in [3.8, 4) is 0 Å². The normalized spacial score (nSPS) is 29.3. The third-order valence-corrected chi connectivity index (χ3v) is 5.66. The summed E-state index contributed by atoms with van der Waals surface area (Å²) in [5, 5.41) is 22.1. The van der Waals surface area contributed by atoms with Crippen molar-refractivity contribution in [2.24, 2.45) is 0 Å². The van der Waals surface area contributed by atoms with E-state index in [4.69, 9.17) is 4.74 Å². The van der Waals surface area contributed by atoms with Crippen LogP contribution in [0.2, 0.25) is 0 Å². The van der Waals surface area contributed by atoms with E-state index in [1.54, 1.807) is 0 Å². The van der Waals surface area contributed by atoms with Crippen molar-refractivity contribution in [2.75, 3.05) is 32.8 Å². The second-order valence-electron chi connectivity index (χ2n) is 7.80. The van der Waals surface area contributed by atoms with Gasteiger partial charge in [0.05, 0.1) is 18.3 Å². The molecule has 0 saturated carbocycles. The minimum Gasteiger partial charge on any atom is -0.392 e. The molecule has 0 amide bonds. The smallest absolute Gasteiger partial charge is 0.0927 e. The fourth-order valence-electron chi connectivity index (χ4n) is 4.35. The number of likely N-dealkylation sites (tertiary alicyclic amines) is 1. The maximum atomic E-state index is 10.4. The average molecular weight is 344 g/mol. The standard InChI is InChI=1S/C20H28N2O3/c23-17(11-20(24)7-9-25-14-20)13-22-8-3-5-16(12-22)19-10-15-4-1-2-6-18(15)21-19/h1-2,4,6,10,16-17,21,23-24H,3,5,7-9,11-14H2. The largest absolute Gasteiger partial charge is 0.392 e. The molecule has 0 bridgehead atoms. The Balaban J connectivity index is 1.37. The van der Waals surface area contributed by atoms with Gasteiger partial charge >= 0.3 is 0 Å². The molecule has 3 heterocycles. The van der Waals surface area contributed by atoms with Gasteiger partial charge in [-0.1, -0.05) is 18.2 Å². The number of hydrogen-bond acceptors (Lipinski definition) is 4. The number of rotatable bonds is 5. The first-order valence-electron chi connectivity index (χ1n) is 9.39. The van der Waals surface area contributed by atoms with Crippen LogP contribution in [0.3, 0.4) is 0 Å². The van der Waals surface area contributed by atoms with Gasteiger partial charge in [-0.15, -0.1) is 0 Å². The number of ether oxygens (including phenoxy) is 1. The van der Waals surface area contributed by atoms with Crippen molar-refractivity contribution >= 4 is 10.9 Å². The second kappa shape index (κ2) is 7.08. The Morgan fingerprint density at radius 2 is 2.24 bits per heavy atom. The third kappa shape index (κ3) is 3.90. The number of aliphatic hydroxyl groups excluding tert-OH is 1. The molecule has 2 fully saturated rings. The predicted octanol–water partition coefficient (Wildman–Crippen LogP) is 2.25. The fourth-order valence-corrected chi connectivity index (χ4v) is 4.35. The molecular formula is C20H28N2O3. The minimum absolute atomic E-state index is 0.349. The zero-order valence-electron chi connectivity index (χ0n) is 14.7. The number of aromatic nitrogens is 1. The van der Waals surface area contributed by atoms with Crippen LogP contribution in [0.5, 0.6) is 0 Å². The van der Waals surface area contributed by atoms with Gasteiger partial charge in [0.2, 0.25) is 0 Å². The Hall–Kier alpha value is -1.40. The van der Waals surface area contributed by atoms with Crippen molar-refractivity contribution in [2.45, 2.75) is 43.3 Å². The summed E-state index contributed by atoms with van der Waals surface area (Å²) in [5.41, 5.74) is 1.65. The van der Waals surface area contributed by atoms with Crippen molar-refractivity contribution < 1.29 is 14.9 Å². The number of fused-ring (bicyclic) bond motifs is 1. The summed E-state index contributed by atoms with van der Waals surface area (Å²) in [6, 6.07) is 10.7. The molecule has 5 heteroatoms. The first-order chi connectivity index (χ1) is 12.1. The lowest BCUT2D eigenvalue weighted by atomic mass is 9.92. The number of para-hydroxylation sites is 1. The molecule has 3 unspecified atom stereocenters. The fraction of sp³-hybridized carbons (Fsp3) is 0.600. The third-order valence-electron chi connectivity index (χ3n) is 5.66. The van der Waals surface area contributed by atoms with Crippen molar-refractivity contribution in [3.63, 3.8) is 0 Å². The summed E-state index contributed by atoms with van der Waals surface area (Å²) in [6.07, 6.45) is 2.84. The van der Waals surface area contributed by atoms with Crippen molar-refractivity contribution in [1.82, 2.24) is 9.88 Å². The molecule has 1 aromatic carbocycles. The van der Waals surface area contributed by atoms with Crippen molar-refractivity contribution in [3.05, 3.63) is 36.0 Å². The summed E-state index contributed by atoms with van der Waals surface area (Å²) >= 11 is 0. The Morgan fingerprint density at radius 1 is 1.36 bits per heavy atom. The molecule has 25 heavy (non-hydrogen) atoms. The van der Waals surface area contributed by atoms with Gasteiger partial charge in [-0.2, -0.15) is 0 Å². The molecule has 2 aliphatic rings. The van der Waals surface area contributed by atoms with Crippen LogP contribution in [0.1, 0.15) is 37.3 Å². The van der Waals surface area contributed by atoms with Crippen molar-refractivity contribution in [1.29, 1.82) is 0 Å². The highest BCUT2D eigenvalue weighted by atomic mass is 16.5. The van der Waals surface area contributed by atoms with Crippen LogP contribution in [0.4, 0.5) is 0 Å². The maximum Gasteiger partial charge on any atom is 0.0927 e. The molecule has 5 nitrogen and oxygen atoms in total. The van der Waals surface area contributed by atoms with E-state index >= 15 is 0 Å². The van der Waals surface area contributed by atoms with Gasteiger partial charge in [0.1, 0.15) is 0 Å². The summed E-state index contributed by atoms with van der Waals surface area (Å²) in [6.45, 7) is 3.54. The van der Waals surface area contributed by atoms with Crippen LogP contribution in [0.25, 0.3) is 10.9 Å². The highest BCUT2D eigenvalue weighted by molar-refractivity contribution is 5.80. The van der Waals surface area contributed by atoms with Gasteiger partial charge in [0, 0.05) is 49.7 Å². The molecule has 2 saturated heterocycles. The molecule has 3 atom stereocenters. The number of H-pyrrole nitrogens is 1. The van der Waals surface area contributed by atoms with Crippen LogP contribution in [-0.4, -0.2) is 64.6 Å². The summed E-state index contributed by atoms with van der Waals surface area (Å²) in [4.78, 5) is 5.90. The van der Waals surface area contributed by atoms with E-state index < -0.39 is 11.7 Å². The molecule has 0 spiro atoms. The van der Waals surface area contributed by atoms with Crippen LogP contribution >= 0.6 is 0 Å². The number of hydrogen-bond donors (Lipinski definition) is 3. The number of piperidine rings is 1. The van der Waals surface area contributed by atoms with Gasteiger partial charge in [0.25, 0.3) is 0 Å². The number of nitrogens with zero attached hydrogens (tertiary/aromatic N) is 1. The molecular weight excluding hydrogens is 316 g/mol. The van der Waals surface area contributed by atoms with E-state index in [-0.39, 0.29) is 0 Å². The van der Waals surface area contributed by atoms with Gasteiger partial charge in [-0.3, -0.25) is 0 Å². The Morgan fingerprint density at radius 3 is 3.04 bits per heavy atom. The van der Waals surface area contributed by atoms with E-state index in [1.807, 2.05) is 0 Å². The van der Waals surface area contributed by atoms with Gasteiger partial charge in [0.15, 0.2) is 0 Å². The molecule has 1 aromatic heterocycles. The summed E-state index contributed by atoms with van der Waals surface area (Å²) in [5.74, 6) is 0.478.